The molecule has 0 atom stereocenters. The lowest BCUT2D eigenvalue weighted by Gasteiger charge is -2.15. The third kappa shape index (κ3) is 3.10. The van der Waals surface area contributed by atoms with Crippen molar-refractivity contribution < 1.29 is 0 Å². The van der Waals surface area contributed by atoms with Crippen LogP contribution in [0.25, 0.3) is 5.57 Å². The van der Waals surface area contributed by atoms with E-state index >= 15 is 0 Å². The van der Waals surface area contributed by atoms with Gasteiger partial charge in [-0.1, -0.05) is 42.5 Å². The molecule has 0 fully saturated rings. The Morgan fingerprint density at radius 2 is 1.53 bits per heavy atom. The van der Waals surface area contributed by atoms with Crippen molar-refractivity contribution in [3.8, 4) is 0 Å². The highest BCUT2D eigenvalue weighted by Gasteiger charge is 2.10. The van der Waals surface area contributed by atoms with Crippen LogP contribution in [0, 0.1) is 0 Å². The molecule has 2 N–H and O–H groups in total. The molecule has 0 aliphatic carbocycles. The van der Waals surface area contributed by atoms with Gasteiger partial charge in [0.1, 0.15) is 0 Å². The standard InChI is InChI=1S/C16H21N/c1-11(2)12(3)16(14(5)17)13(4)15-9-7-6-8-10-15/h6-10H,4,17H2,1-3,5H3/b16-14-. The molecule has 0 aliphatic heterocycles. The summed E-state index contributed by atoms with van der Waals surface area (Å²) in [5, 5.41) is 0. The number of benzene rings is 1. The van der Waals surface area contributed by atoms with Gasteiger partial charge in [-0.15, -0.1) is 0 Å². The van der Waals surface area contributed by atoms with E-state index in [0.717, 1.165) is 22.4 Å². The third-order valence-corrected chi connectivity index (χ3v) is 2.94. The Kier molecular flexibility index (Phi) is 4.33. The molecule has 0 saturated carbocycles. The molecule has 0 saturated heterocycles. The van der Waals surface area contributed by atoms with Crippen LogP contribution >= 0.6 is 0 Å². The maximum atomic E-state index is 6.00. The number of rotatable bonds is 3. The Morgan fingerprint density at radius 3 is 1.94 bits per heavy atom. The summed E-state index contributed by atoms with van der Waals surface area (Å²) in [5.74, 6) is 0. The maximum absolute atomic E-state index is 6.00. The van der Waals surface area contributed by atoms with Crippen LogP contribution in [-0.4, -0.2) is 0 Å². The summed E-state index contributed by atoms with van der Waals surface area (Å²) in [6.45, 7) is 12.4. The number of hydrogen-bond acceptors (Lipinski definition) is 1. The van der Waals surface area contributed by atoms with Gasteiger partial charge < -0.3 is 5.73 Å². The molecular weight excluding hydrogens is 206 g/mol. The minimum absolute atomic E-state index is 0.817. The molecule has 17 heavy (non-hydrogen) atoms. The van der Waals surface area contributed by atoms with Crippen LogP contribution in [-0.2, 0) is 0 Å². The summed E-state index contributed by atoms with van der Waals surface area (Å²) < 4.78 is 0. The van der Waals surface area contributed by atoms with Gasteiger partial charge in [-0.25, -0.2) is 0 Å². The molecule has 0 aliphatic rings. The number of hydrogen-bond donors (Lipinski definition) is 1. The molecule has 0 spiro atoms. The first-order valence-electron chi connectivity index (χ1n) is 5.80. The normalized spacial score (nSPS) is 11.8. The second kappa shape index (κ2) is 5.53. The van der Waals surface area contributed by atoms with Crippen molar-refractivity contribution in [1.82, 2.24) is 0 Å². The molecule has 1 aromatic rings. The Labute approximate surface area is 104 Å². The first kappa shape index (κ1) is 13.3. The van der Waals surface area contributed by atoms with Crippen LogP contribution in [0.4, 0.5) is 0 Å². The van der Waals surface area contributed by atoms with Gasteiger partial charge in [-0.2, -0.15) is 0 Å². The van der Waals surface area contributed by atoms with E-state index in [9.17, 15) is 0 Å². The highest BCUT2D eigenvalue weighted by Crippen LogP contribution is 2.29. The quantitative estimate of drug-likeness (QED) is 0.766. The van der Waals surface area contributed by atoms with Crippen LogP contribution in [0.3, 0.4) is 0 Å². The monoisotopic (exact) mass is 227 g/mol. The smallest absolute Gasteiger partial charge is 0.0131 e. The fourth-order valence-corrected chi connectivity index (χ4v) is 1.79. The van der Waals surface area contributed by atoms with E-state index in [1.807, 2.05) is 25.1 Å². The minimum atomic E-state index is 0.817. The van der Waals surface area contributed by atoms with Gasteiger partial charge in [-0.3, -0.25) is 0 Å². The Morgan fingerprint density at radius 1 is 1.00 bits per heavy atom. The maximum Gasteiger partial charge on any atom is 0.0131 e. The van der Waals surface area contributed by atoms with Crippen molar-refractivity contribution in [3.05, 3.63) is 64.9 Å². The Balaban J connectivity index is 3.26. The van der Waals surface area contributed by atoms with E-state index in [-0.39, 0.29) is 0 Å². The van der Waals surface area contributed by atoms with Crippen LogP contribution in [0.2, 0.25) is 0 Å². The second-order valence-electron chi connectivity index (χ2n) is 4.53. The number of nitrogens with two attached hydrogens (primary N) is 1. The highest BCUT2D eigenvalue weighted by atomic mass is 14.6. The predicted molar refractivity (Wildman–Crippen MR) is 76.4 cm³/mol. The molecule has 0 amide bonds. The zero-order valence-corrected chi connectivity index (χ0v) is 11.2. The molecule has 90 valence electrons. The molecule has 1 rings (SSSR count). The van der Waals surface area contributed by atoms with E-state index < -0.39 is 0 Å². The summed E-state index contributed by atoms with van der Waals surface area (Å²) >= 11 is 0. The molecule has 0 unspecified atom stereocenters. The Hall–Kier alpha value is -1.76. The van der Waals surface area contributed by atoms with Gasteiger partial charge in [0.2, 0.25) is 0 Å². The van der Waals surface area contributed by atoms with Gasteiger partial charge in [0.05, 0.1) is 0 Å². The second-order valence-corrected chi connectivity index (χ2v) is 4.53. The van der Waals surface area contributed by atoms with E-state index in [1.54, 1.807) is 0 Å². The zero-order chi connectivity index (χ0) is 13.0. The molecule has 1 aromatic carbocycles. The SMILES string of the molecule is C=C(/C(C(C)=C(C)C)=C(/C)N)c1ccccc1. The average Bonchev–Trinajstić information content (AvgIpc) is 2.29. The van der Waals surface area contributed by atoms with Crippen LogP contribution in [0.5, 0.6) is 0 Å². The van der Waals surface area contributed by atoms with Gasteiger partial charge in [0.15, 0.2) is 0 Å². The minimum Gasteiger partial charge on any atom is -0.402 e. The zero-order valence-electron chi connectivity index (χ0n) is 11.2. The lowest BCUT2D eigenvalue weighted by molar-refractivity contribution is 1.19. The summed E-state index contributed by atoms with van der Waals surface area (Å²) in [4.78, 5) is 0. The van der Waals surface area contributed by atoms with E-state index in [1.165, 1.54) is 11.1 Å². The molecule has 1 nitrogen and oxygen atoms in total. The van der Waals surface area contributed by atoms with Crippen molar-refractivity contribution in [2.75, 3.05) is 0 Å². The topological polar surface area (TPSA) is 26.0 Å². The van der Waals surface area contributed by atoms with Crippen molar-refractivity contribution in [1.29, 1.82) is 0 Å². The van der Waals surface area contributed by atoms with Gasteiger partial charge in [0, 0.05) is 11.3 Å². The Bertz CT molecular complexity index is 468. The first-order chi connectivity index (χ1) is 7.95. The lowest BCUT2D eigenvalue weighted by Crippen LogP contribution is -2.03. The molecule has 0 radical (unpaired) electrons. The highest BCUT2D eigenvalue weighted by molar-refractivity contribution is 5.82. The molecule has 1 heteroatoms. The van der Waals surface area contributed by atoms with Crippen molar-refractivity contribution in [2.45, 2.75) is 27.7 Å². The first-order valence-corrected chi connectivity index (χ1v) is 5.80. The van der Waals surface area contributed by atoms with Crippen molar-refractivity contribution in [3.63, 3.8) is 0 Å². The molecule has 0 heterocycles. The van der Waals surface area contributed by atoms with Crippen LogP contribution < -0.4 is 5.73 Å². The van der Waals surface area contributed by atoms with E-state index in [2.05, 4.69) is 39.5 Å². The summed E-state index contributed by atoms with van der Waals surface area (Å²) in [6, 6.07) is 10.2. The number of allylic oxidation sites excluding steroid dienone is 5. The third-order valence-electron chi connectivity index (χ3n) is 2.94. The van der Waals surface area contributed by atoms with Gasteiger partial charge in [0.25, 0.3) is 0 Å². The predicted octanol–water partition coefficient (Wildman–Crippen LogP) is 4.29. The van der Waals surface area contributed by atoms with E-state index in [0.29, 0.717) is 0 Å². The molecular formula is C16H21N. The van der Waals surface area contributed by atoms with Crippen molar-refractivity contribution >= 4 is 5.57 Å². The summed E-state index contributed by atoms with van der Waals surface area (Å²) in [5.41, 5.74) is 12.5. The summed E-state index contributed by atoms with van der Waals surface area (Å²) in [7, 11) is 0. The van der Waals surface area contributed by atoms with Crippen molar-refractivity contribution in [2.24, 2.45) is 5.73 Å². The lowest BCUT2D eigenvalue weighted by atomic mass is 9.91. The van der Waals surface area contributed by atoms with Gasteiger partial charge >= 0.3 is 0 Å². The van der Waals surface area contributed by atoms with Crippen LogP contribution in [0.15, 0.2) is 59.3 Å². The summed E-state index contributed by atoms with van der Waals surface area (Å²) in [6.07, 6.45) is 0. The average molecular weight is 227 g/mol. The fraction of sp³-hybridized carbons (Fsp3) is 0.250. The molecule has 0 bridgehead atoms. The van der Waals surface area contributed by atoms with Gasteiger partial charge in [-0.05, 0) is 44.4 Å². The fourth-order valence-electron chi connectivity index (χ4n) is 1.79. The van der Waals surface area contributed by atoms with E-state index in [4.69, 9.17) is 5.73 Å². The molecule has 0 aromatic heterocycles. The largest absolute Gasteiger partial charge is 0.402 e. The van der Waals surface area contributed by atoms with Crippen LogP contribution in [0.1, 0.15) is 33.3 Å².